The number of ether oxygens (including phenoxy) is 2. The predicted octanol–water partition coefficient (Wildman–Crippen LogP) is 1.11. The summed E-state index contributed by atoms with van der Waals surface area (Å²) in [5.41, 5.74) is -0.159. The number of hydrogen-bond acceptors (Lipinski definition) is 5. The molecule has 1 aliphatic rings. The molecular weight excluding hydrogens is 313 g/mol. The van der Waals surface area contributed by atoms with Gasteiger partial charge in [0.1, 0.15) is 5.82 Å². The minimum absolute atomic E-state index is 0.0849. The van der Waals surface area contributed by atoms with Gasteiger partial charge in [0.15, 0.2) is 6.10 Å². The average molecular weight is 324 g/mol. The molecule has 0 bridgehead atoms. The van der Waals surface area contributed by atoms with Crippen LogP contribution in [0.15, 0.2) is 23.1 Å². The van der Waals surface area contributed by atoms with Gasteiger partial charge in [-0.2, -0.15) is 0 Å². The van der Waals surface area contributed by atoms with Crippen molar-refractivity contribution < 1.29 is 27.1 Å². The molecule has 110 valence electrons. The van der Waals surface area contributed by atoms with Crippen LogP contribution in [-0.4, -0.2) is 40.2 Å². The molecule has 1 aliphatic heterocycles. The van der Waals surface area contributed by atoms with Crippen LogP contribution >= 0.6 is 10.7 Å². The summed E-state index contributed by atoms with van der Waals surface area (Å²) in [6, 6.07) is 2.95. The fraction of sp³-hybridized carbons (Fsp3) is 0.364. The van der Waals surface area contributed by atoms with Crippen molar-refractivity contribution in [2.45, 2.75) is 11.0 Å². The van der Waals surface area contributed by atoms with Crippen molar-refractivity contribution in [1.29, 1.82) is 0 Å². The molecule has 1 heterocycles. The summed E-state index contributed by atoms with van der Waals surface area (Å²) in [5, 5.41) is 2.30. The minimum atomic E-state index is -4.02. The molecule has 0 aromatic heterocycles. The molecule has 0 radical (unpaired) electrons. The van der Waals surface area contributed by atoms with Crippen LogP contribution in [0.25, 0.3) is 0 Å². The summed E-state index contributed by atoms with van der Waals surface area (Å²) in [6.45, 7) is 0.770. The average Bonchev–Trinajstić information content (AvgIpc) is 2.41. The van der Waals surface area contributed by atoms with Gasteiger partial charge in [-0.05, 0) is 18.2 Å². The normalized spacial score (nSPS) is 19.6. The zero-order valence-corrected chi connectivity index (χ0v) is 11.7. The molecule has 1 aromatic rings. The van der Waals surface area contributed by atoms with Gasteiger partial charge in [0.25, 0.3) is 15.0 Å². The Balaban J connectivity index is 2.11. The maximum atomic E-state index is 13.7. The Labute approximate surface area is 119 Å². The maximum absolute atomic E-state index is 13.7. The zero-order valence-electron chi connectivity index (χ0n) is 10.1. The summed E-state index contributed by atoms with van der Waals surface area (Å²) in [6.07, 6.45) is -0.820. The smallest absolute Gasteiger partial charge is 0.261 e. The van der Waals surface area contributed by atoms with Crippen LogP contribution in [-0.2, 0) is 23.3 Å². The third-order valence-corrected chi connectivity index (χ3v) is 3.94. The van der Waals surface area contributed by atoms with E-state index in [0.29, 0.717) is 6.61 Å². The first-order valence-electron chi connectivity index (χ1n) is 5.62. The molecule has 0 spiro atoms. The van der Waals surface area contributed by atoms with E-state index < -0.39 is 26.9 Å². The van der Waals surface area contributed by atoms with E-state index in [1.54, 1.807) is 0 Å². The quantitative estimate of drug-likeness (QED) is 0.843. The number of nitrogens with one attached hydrogen (secondary N) is 1. The van der Waals surface area contributed by atoms with E-state index in [1.165, 1.54) is 0 Å². The van der Waals surface area contributed by atoms with Crippen LogP contribution in [0.1, 0.15) is 0 Å². The summed E-state index contributed by atoms with van der Waals surface area (Å²) in [5.74, 6) is -1.47. The molecule has 1 saturated heterocycles. The standard InChI is InChI=1S/C11H11ClFNO5S/c12-20(16,17)7-1-2-9(8(13)5-7)14-11(15)10-6-18-3-4-19-10/h1-2,5,10H,3-4,6H2,(H,14,15). The van der Waals surface area contributed by atoms with Crippen molar-refractivity contribution in [3.8, 4) is 0 Å². The third-order valence-electron chi connectivity index (χ3n) is 2.59. The van der Waals surface area contributed by atoms with Gasteiger partial charge >= 0.3 is 0 Å². The van der Waals surface area contributed by atoms with Crippen LogP contribution in [0, 0.1) is 5.82 Å². The molecule has 1 fully saturated rings. The van der Waals surface area contributed by atoms with E-state index in [9.17, 15) is 17.6 Å². The Bertz CT molecular complexity index is 615. The van der Waals surface area contributed by atoms with Gasteiger partial charge in [-0.1, -0.05) is 0 Å². The number of halogens is 2. The molecular formula is C11H11ClFNO5S. The lowest BCUT2D eigenvalue weighted by Crippen LogP contribution is -2.39. The fourth-order valence-electron chi connectivity index (χ4n) is 1.60. The first kappa shape index (κ1) is 15.2. The van der Waals surface area contributed by atoms with Crippen molar-refractivity contribution in [2.75, 3.05) is 25.1 Å². The molecule has 1 atom stereocenters. The van der Waals surface area contributed by atoms with Crippen molar-refractivity contribution in [1.82, 2.24) is 0 Å². The van der Waals surface area contributed by atoms with Gasteiger partial charge in [0.2, 0.25) is 0 Å². The molecule has 1 aromatic carbocycles. The van der Waals surface area contributed by atoms with Crippen molar-refractivity contribution >= 4 is 31.3 Å². The summed E-state index contributed by atoms with van der Waals surface area (Å²) < 4.78 is 46.0. The second-order valence-corrected chi connectivity index (χ2v) is 6.57. The van der Waals surface area contributed by atoms with Crippen molar-refractivity contribution in [3.05, 3.63) is 24.0 Å². The van der Waals surface area contributed by atoms with Gasteiger partial charge in [-0.25, -0.2) is 12.8 Å². The first-order chi connectivity index (χ1) is 9.38. The molecule has 1 N–H and O–H groups in total. The van der Waals surface area contributed by atoms with Crippen LogP contribution < -0.4 is 5.32 Å². The lowest BCUT2D eigenvalue weighted by atomic mass is 10.2. The van der Waals surface area contributed by atoms with Crippen LogP contribution in [0.3, 0.4) is 0 Å². The van der Waals surface area contributed by atoms with Gasteiger partial charge in [-0.3, -0.25) is 4.79 Å². The highest BCUT2D eigenvalue weighted by Gasteiger charge is 2.24. The number of amides is 1. The van der Waals surface area contributed by atoms with Crippen molar-refractivity contribution in [2.24, 2.45) is 0 Å². The van der Waals surface area contributed by atoms with Gasteiger partial charge in [-0.15, -0.1) is 0 Å². The molecule has 2 rings (SSSR count). The van der Waals surface area contributed by atoms with Crippen molar-refractivity contribution in [3.63, 3.8) is 0 Å². The molecule has 0 saturated carbocycles. The van der Waals surface area contributed by atoms with Gasteiger partial charge < -0.3 is 14.8 Å². The van der Waals surface area contributed by atoms with E-state index in [2.05, 4.69) is 5.32 Å². The molecule has 1 unspecified atom stereocenters. The number of hydrogen-bond donors (Lipinski definition) is 1. The molecule has 0 aliphatic carbocycles. The number of anilines is 1. The predicted molar refractivity (Wildman–Crippen MR) is 68.6 cm³/mol. The Morgan fingerprint density at radius 3 is 2.70 bits per heavy atom. The van der Waals surface area contributed by atoms with Gasteiger partial charge in [0.05, 0.1) is 30.4 Å². The van der Waals surface area contributed by atoms with Crippen LogP contribution in [0.2, 0.25) is 0 Å². The van der Waals surface area contributed by atoms with Gasteiger partial charge in [0, 0.05) is 10.7 Å². The topological polar surface area (TPSA) is 81.7 Å². The number of benzene rings is 1. The van der Waals surface area contributed by atoms with E-state index in [1.807, 2.05) is 0 Å². The highest BCUT2D eigenvalue weighted by molar-refractivity contribution is 8.13. The summed E-state index contributed by atoms with van der Waals surface area (Å²) >= 11 is 0. The fourth-order valence-corrected chi connectivity index (χ4v) is 2.36. The monoisotopic (exact) mass is 323 g/mol. The molecule has 1 amide bonds. The summed E-state index contributed by atoms with van der Waals surface area (Å²) in [7, 11) is 1.08. The van der Waals surface area contributed by atoms with E-state index in [0.717, 1.165) is 18.2 Å². The zero-order chi connectivity index (χ0) is 14.8. The second kappa shape index (κ2) is 6.04. The van der Waals surface area contributed by atoms with E-state index in [4.69, 9.17) is 20.2 Å². The lowest BCUT2D eigenvalue weighted by molar-refractivity contribution is -0.142. The Morgan fingerprint density at radius 1 is 1.40 bits per heavy atom. The van der Waals surface area contributed by atoms with E-state index >= 15 is 0 Å². The van der Waals surface area contributed by atoms with E-state index in [-0.39, 0.29) is 23.8 Å². The van der Waals surface area contributed by atoms with Crippen LogP contribution in [0.4, 0.5) is 10.1 Å². The van der Waals surface area contributed by atoms with Crippen LogP contribution in [0.5, 0.6) is 0 Å². The summed E-state index contributed by atoms with van der Waals surface area (Å²) in [4.78, 5) is 11.4. The minimum Gasteiger partial charge on any atom is -0.376 e. The first-order valence-corrected chi connectivity index (χ1v) is 7.93. The lowest BCUT2D eigenvalue weighted by Gasteiger charge is -2.22. The highest BCUT2D eigenvalue weighted by Crippen LogP contribution is 2.22. The Kier molecular flexibility index (Phi) is 4.59. The third kappa shape index (κ3) is 3.66. The largest absolute Gasteiger partial charge is 0.376 e. The molecule has 20 heavy (non-hydrogen) atoms. The molecule has 6 nitrogen and oxygen atoms in total. The highest BCUT2D eigenvalue weighted by atomic mass is 35.7. The number of carbonyl (C=O) groups is 1. The Hall–Kier alpha value is -1.22. The number of carbonyl (C=O) groups excluding carboxylic acids is 1. The number of rotatable bonds is 3. The molecule has 9 heteroatoms. The SMILES string of the molecule is O=C(Nc1ccc(S(=O)(=O)Cl)cc1F)C1COCCO1. The second-order valence-electron chi connectivity index (χ2n) is 4.00. The Morgan fingerprint density at radius 2 is 2.15 bits per heavy atom. The maximum Gasteiger partial charge on any atom is 0.261 e.